The van der Waals surface area contributed by atoms with Crippen LogP contribution in [0.5, 0.6) is 0 Å². The Balaban J connectivity index is 2.49. The Hall–Kier alpha value is -0.110. The first-order chi connectivity index (χ1) is 5.33. The van der Waals surface area contributed by atoms with Crippen LogP contribution in [0, 0.1) is 0 Å². The molecule has 1 nitrogen and oxygen atoms in total. The molecule has 1 saturated carbocycles. The van der Waals surface area contributed by atoms with Crippen LogP contribution in [0.4, 0.5) is 0 Å². The van der Waals surface area contributed by atoms with Gasteiger partial charge in [0.15, 0.2) is 0 Å². The normalized spacial score (nSPS) is 22.6. The maximum Gasteiger partial charge on any atom is 0.0619 e. The van der Waals surface area contributed by atoms with Gasteiger partial charge in [0, 0.05) is 5.54 Å². The lowest BCUT2D eigenvalue weighted by atomic mass is 9.80. The van der Waals surface area contributed by atoms with Gasteiger partial charge in [-0.2, -0.15) is 0 Å². The van der Waals surface area contributed by atoms with Gasteiger partial charge in [-0.1, -0.05) is 38.4 Å². The van der Waals surface area contributed by atoms with Gasteiger partial charge in [0.1, 0.15) is 0 Å². The van der Waals surface area contributed by atoms with Crippen molar-refractivity contribution < 1.29 is 0 Å². The molecule has 0 aliphatic heterocycles. The van der Waals surface area contributed by atoms with Crippen molar-refractivity contribution in [3.05, 3.63) is 0 Å². The predicted octanol–water partition coefficient (Wildman–Crippen LogP) is 2.65. The Bertz CT molecular complexity index is 128. The molecule has 64 valence electrons. The van der Waals surface area contributed by atoms with Crippen LogP contribution < -0.4 is 5.32 Å². The number of rotatable bonds is 3. The third-order valence-corrected chi connectivity index (χ3v) is 2.97. The van der Waals surface area contributed by atoms with Crippen molar-refractivity contribution in [2.75, 3.05) is 0 Å². The lowest BCUT2D eigenvalue weighted by Gasteiger charge is -2.36. The summed E-state index contributed by atoms with van der Waals surface area (Å²) in [4.78, 5) is 0. The zero-order valence-corrected chi connectivity index (χ0v) is 8.04. The summed E-state index contributed by atoms with van der Waals surface area (Å²) >= 11 is 4.83. The lowest BCUT2D eigenvalue weighted by molar-refractivity contribution is 0.260. The highest BCUT2D eigenvalue weighted by molar-refractivity contribution is 7.78. The molecule has 1 rings (SSSR count). The number of hydrogen-bond donors (Lipinski definition) is 1. The SMILES string of the molecule is CCC1(NC=S)CCCCC1. The summed E-state index contributed by atoms with van der Waals surface area (Å²) in [5.74, 6) is 0. The molecule has 1 aliphatic rings. The summed E-state index contributed by atoms with van der Waals surface area (Å²) in [5, 5.41) is 3.34. The zero-order valence-electron chi connectivity index (χ0n) is 7.23. The molecule has 11 heavy (non-hydrogen) atoms. The Morgan fingerprint density at radius 2 is 2.00 bits per heavy atom. The molecule has 0 amide bonds. The average molecular weight is 171 g/mol. The molecular weight excluding hydrogens is 154 g/mol. The minimum absolute atomic E-state index is 0.361. The fraction of sp³-hybridized carbons (Fsp3) is 0.889. The molecule has 1 fully saturated rings. The first-order valence-corrected chi connectivity index (χ1v) is 5.01. The first kappa shape index (κ1) is 8.98. The Morgan fingerprint density at radius 3 is 2.45 bits per heavy atom. The molecule has 0 bridgehead atoms. The van der Waals surface area contributed by atoms with E-state index in [0.717, 1.165) is 0 Å². The van der Waals surface area contributed by atoms with E-state index in [2.05, 4.69) is 12.2 Å². The highest BCUT2D eigenvalue weighted by Gasteiger charge is 2.28. The van der Waals surface area contributed by atoms with Crippen molar-refractivity contribution in [2.45, 2.75) is 51.0 Å². The smallest absolute Gasteiger partial charge is 0.0619 e. The largest absolute Gasteiger partial charge is 0.377 e. The van der Waals surface area contributed by atoms with Crippen LogP contribution in [0.25, 0.3) is 0 Å². The van der Waals surface area contributed by atoms with Gasteiger partial charge in [-0.15, -0.1) is 0 Å². The Kier molecular flexibility index (Phi) is 3.31. The number of thiocarbonyl (C=S) groups is 1. The van der Waals surface area contributed by atoms with Crippen molar-refractivity contribution in [2.24, 2.45) is 0 Å². The van der Waals surface area contributed by atoms with Gasteiger partial charge < -0.3 is 5.32 Å². The topological polar surface area (TPSA) is 12.0 Å². The van der Waals surface area contributed by atoms with Gasteiger partial charge >= 0.3 is 0 Å². The van der Waals surface area contributed by atoms with E-state index in [1.54, 1.807) is 5.49 Å². The lowest BCUT2D eigenvalue weighted by Crippen LogP contribution is -2.45. The molecule has 1 N–H and O–H groups in total. The van der Waals surface area contributed by atoms with E-state index in [0.29, 0.717) is 5.54 Å². The molecule has 0 unspecified atom stereocenters. The van der Waals surface area contributed by atoms with Crippen molar-refractivity contribution in [1.29, 1.82) is 0 Å². The number of hydrogen-bond acceptors (Lipinski definition) is 1. The third-order valence-electron chi connectivity index (χ3n) is 2.85. The standard InChI is InChI=1S/C9H17NS/c1-2-9(10-8-11)6-4-3-5-7-9/h8H,2-7H2,1H3,(H,10,11). The summed E-state index contributed by atoms with van der Waals surface area (Å²) in [6, 6.07) is 0. The van der Waals surface area contributed by atoms with Crippen LogP contribution in [0.1, 0.15) is 45.4 Å². The summed E-state index contributed by atoms with van der Waals surface area (Å²) in [7, 11) is 0. The monoisotopic (exact) mass is 171 g/mol. The zero-order chi connectivity index (χ0) is 8.16. The maximum absolute atomic E-state index is 4.83. The van der Waals surface area contributed by atoms with E-state index in [1.165, 1.54) is 38.5 Å². The second kappa shape index (κ2) is 4.05. The molecule has 0 radical (unpaired) electrons. The van der Waals surface area contributed by atoms with Crippen LogP contribution in [0.2, 0.25) is 0 Å². The number of nitrogens with one attached hydrogen (secondary N) is 1. The summed E-state index contributed by atoms with van der Waals surface area (Å²) in [6.07, 6.45) is 7.95. The fourth-order valence-corrected chi connectivity index (χ4v) is 2.20. The van der Waals surface area contributed by atoms with Crippen LogP contribution >= 0.6 is 12.2 Å². The van der Waals surface area contributed by atoms with Crippen molar-refractivity contribution in [3.63, 3.8) is 0 Å². The van der Waals surface area contributed by atoms with Crippen molar-refractivity contribution in [3.8, 4) is 0 Å². The van der Waals surface area contributed by atoms with Gasteiger partial charge in [-0.25, -0.2) is 0 Å². The highest BCUT2D eigenvalue weighted by atomic mass is 32.1. The van der Waals surface area contributed by atoms with Gasteiger partial charge in [0.2, 0.25) is 0 Å². The first-order valence-electron chi connectivity index (χ1n) is 4.54. The molecule has 0 heterocycles. The Labute approximate surface area is 74.6 Å². The highest BCUT2D eigenvalue weighted by Crippen LogP contribution is 2.30. The van der Waals surface area contributed by atoms with Crippen LogP contribution in [0.15, 0.2) is 0 Å². The van der Waals surface area contributed by atoms with E-state index in [4.69, 9.17) is 12.2 Å². The molecule has 0 aromatic carbocycles. The third kappa shape index (κ3) is 2.16. The van der Waals surface area contributed by atoms with Crippen LogP contribution in [0.3, 0.4) is 0 Å². The molecule has 1 aliphatic carbocycles. The fourth-order valence-electron chi connectivity index (χ4n) is 1.95. The van der Waals surface area contributed by atoms with Gasteiger partial charge in [0.25, 0.3) is 0 Å². The van der Waals surface area contributed by atoms with Crippen molar-refractivity contribution in [1.82, 2.24) is 5.32 Å². The minimum Gasteiger partial charge on any atom is -0.377 e. The van der Waals surface area contributed by atoms with E-state index in [-0.39, 0.29) is 0 Å². The second-order valence-electron chi connectivity index (χ2n) is 3.46. The Morgan fingerprint density at radius 1 is 1.36 bits per heavy atom. The molecule has 0 aromatic rings. The second-order valence-corrected chi connectivity index (χ2v) is 3.69. The van der Waals surface area contributed by atoms with E-state index in [1.807, 2.05) is 0 Å². The van der Waals surface area contributed by atoms with Crippen LogP contribution in [-0.4, -0.2) is 11.0 Å². The predicted molar refractivity (Wildman–Crippen MR) is 52.9 cm³/mol. The van der Waals surface area contributed by atoms with Gasteiger partial charge in [-0.05, 0) is 19.3 Å². The van der Waals surface area contributed by atoms with Gasteiger partial charge in [-0.3, -0.25) is 0 Å². The van der Waals surface area contributed by atoms with E-state index >= 15 is 0 Å². The summed E-state index contributed by atoms with van der Waals surface area (Å²) in [5.41, 5.74) is 2.05. The average Bonchev–Trinajstić information content (AvgIpc) is 2.07. The minimum atomic E-state index is 0.361. The summed E-state index contributed by atoms with van der Waals surface area (Å²) < 4.78 is 0. The maximum atomic E-state index is 4.83. The molecule has 2 heteroatoms. The van der Waals surface area contributed by atoms with Gasteiger partial charge in [0.05, 0.1) is 5.49 Å². The molecule has 0 spiro atoms. The molecular formula is C9H17NS. The molecule has 0 atom stereocenters. The molecule has 0 aromatic heterocycles. The molecule has 0 saturated heterocycles. The van der Waals surface area contributed by atoms with Crippen LogP contribution in [-0.2, 0) is 0 Å². The quantitative estimate of drug-likeness (QED) is 0.655. The van der Waals surface area contributed by atoms with E-state index < -0.39 is 0 Å². The van der Waals surface area contributed by atoms with Crippen molar-refractivity contribution >= 4 is 17.7 Å². The van der Waals surface area contributed by atoms with E-state index in [9.17, 15) is 0 Å². The summed E-state index contributed by atoms with van der Waals surface area (Å²) in [6.45, 7) is 2.25.